The zero-order valence-electron chi connectivity index (χ0n) is 10.8. The van der Waals surface area contributed by atoms with Gasteiger partial charge in [-0.15, -0.1) is 0 Å². The second-order valence-corrected chi connectivity index (χ2v) is 4.17. The van der Waals surface area contributed by atoms with Crippen LogP contribution in [-0.2, 0) is 0 Å². The lowest BCUT2D eigenvalue weighted by molar-refractivity contribution is 1.18. The van der Waals surface area contributed by atoms with Gasteiger partial charge in [-0.1, -0.05) is 18.2 Å². The lowest BCUT2D eigenvalue weighted by Gasteiger charge is -2.23. The third-order valence-corrected chi connectivity index (χ3v) is 2.99. The minimum Gasteiger partial charge on any atom is -0.351 e. The minimum atomic E-state index is -0.176. The first-order valence-corrected chi connectivity index (χ1v) is 5.88. The van der Waals surface area contributed by atoms with Crippen molar-refractivity contribution in [3.8, 4) is 18.2 Å². The Kier molecular flexibility index (Phi) is 3.66. The fourth-order valence-electron chi connectivity index (χ4n) is 1.97. The molecule has 94 valence electrons. The van der Waals surface area contributed by atoms with Crippen molar-refractivity contribution in [1.29, 1.82) is 15.8 Å². The van der Waals surface area contributed by atoms with Gasteiger partial charge in [0.05, 0.1) is 5.57 Å². The maximum atomic E-state index is 9.10. The Hall–Kier alpha value is -3.29. The van der Waals surface area contributed by atoms with Crippen molar-refractivity contribution in [3.05, 3.63) is 59.3 Å². The van der Waals surface area contributed by atoms with Gasteiger partial charge in [0.15, 0.2) is 0 Å². The van der Waals surface area contributed by atoms with E-state index in [1.807, 2.05) is 54.6 Å². The first-order valence-electron chi connectivity index (χ1n) is 5.88. The fourth-order valence-corrected chi connectivity index (χ4v) is 1.97. The SMILES string of the molecule is CN1C=C/C(=C/C(C#N)=C(C#N)C#N)c2ccccc21. The average Bonchev–Trinajstić information content (AvgIpc) is 2.50. The number of benzene rings is 1. The molecule has 1 aromatic carbocycles. The standard InChI is InChI=1S/C16H10N4/c1-20-7-6-12(15-4-2-3-5-16(15)20)8-13(9-17)14(10-18)11-19/h2-8H,1H3/b12-8-. The van der Waals surface area contributed by atoms with Crippen molar-refractivity contribution in [2.75, 3.05) is 11.9 Å². The first-order chi connectivity index (χ1) is 9.71. The van der Waals surface area contributed by atoms with Crippen LogP contribution in [0.4, 0.5) is 5.69 Å². The van der Waals surface area contributed by atoms with Crippen LogP contribution in [0.15, 0.2) is 53.8 Å². The molecule has 1 aromatic rings. The molecule has 1 aliphatic heterocycles. The summed E-state index contributed by atoms with van der Waals surface area (Å²) in [5.74, 6) is 0. The molecule has 4 nitrogen and oxygen atoms in total. The summed E-state index contributed by atoms with van der Waals surface area (Å²) in [6.45, 7) is 0. The van der Waals surface area contributed by atoms with Crippen LogP contribution in [0.2, 0.25) is 0 Å². The minimum absolute atomic E-state index is 0.0778. The van der Waals surface area contributed by atoms with E-state index in [1.54, 1.807) is 18.2 Å². The van der Waals surface area contributed by atoms with Crippen LogP contribution in [0, 0.1) is 34.0 Å². The van der Waals surface area contributed by atoms with E-state index in [2.05, 4.69) is 0 Å². The Bertz CT molecular complexity index is 745. The number of nitriles is 3. The number of nitrogens with zero attached hydrogens (tertiary/aromatic N) is 4. The second kappa shape index (κ2) is 5.57. The quantitative estimate of drug-likeness (QED) is 0.726. The van der Waals surface area contributed by atoms with Gasteiger partial charge in [0, 0.05) is 24.5 Å². The van der Waals surface area contributed by atoms with E-state index in [0.717, 1.165) is 16.8 Å². The van der Waals surface area contributed by atoms with Crippen LogP contribution in [0.3, 0.4) is 0 Å². The Labute approximate surface area is 117 Å². The van der Waals surface area contributed by atoms with Crippen LogP contribution < -0.4 is 4.90 Å². The number of allylic oxidation sites excluding steroid dienone is 5. The molecule has 0 N–H and O–H groups in total. The van der Waals surface area contributed by atoms with Gasteiger partial charge in [-0.05, 0) is 23.8 Å². The Morgan fingerprint density at radius 3 is 2.45 bits per heavy atom. The molecule has 0 bridgehead atoms. The number of hydrogen-bond donors (Lipinski definition) is 0. The molecular weight excluding hydrogens is 248 g/mol. The second-order valence-electron chi connectivity index (χ2n) is 4.17. The predicted octanol–water partition coefficient (Wildman–Crippen LogP) is 2.90. The molecule has 0 saturated heterocycles. The lowest BCUT2D eigenvalue weighted by Crippen LogP contribution is -2.13. The third kappa shape index (κ3) is 2.29. The highest BCUT2D eigenvalue weighted by atomic mass is 15.1. The highest BCUT2D eigenvalue weighted by Gasteiger charge is 2.14. The molecule has 0 aliphatic carbocycles. The molecule has 1 aliphatic rings. The summed E-state index contributed by atoms with van der Waals surface area (Å²) in [5, 5.41) is 26.8. The van der Waals surface area contributed by atoms with Crippen molar-refractivity contribution >= 4 is 11.3 Å². The molecule has 0 radical (unpaired) electrons. The summed E-state index contributed by atoms with van der Waals surface area (Å²) in [6.07, 6.45) is 5.30. The molecule has 0 aromatic heterocycles. The zero-order chi connectivity index (χ0) is 14.5. The normalized spacial score (nSPS) is 13.9. The van der Waals surface area contributed by atoms with Crippen LogP contribution in [0.1, 0.15) is 5.56 Å². The van der Waals surface area contributed by atoms with Crippen molar-refractivity contribution in [2.45, 2.75) is 0 Å². The molecule has 0 atom stereocenters. The molecule has 2 rings (SSSR count). The molecule has 0 fully saturated rings. The largest absolute Gasteiger partial charge is 0.351 e. The summed E-state index contributed by atoms with van der Waals surface area (Å²) in [7, 11) is 1.93. The average molecular weight is 258 g/mol. The summed E-state index contributed by atoms with van der Waals surface area (Å²) in [6, 6.07) is 13.1. The van der Waals surface area contributed by atoms with Crippen LogP contribution in [0.25, 0.3) is 5.57 Å². The van der Waals surface area contributed by atoms with Crippen molar-refractivity contribution in [3.63, 3.8) is 0 Å². The molecule has 0 unspecified atom stereocenters. The van der Waals surface area contributed by atoms with Crippen LogP contribution in [0.5, 0.6) is 0 Å². The Balaban J connectivity index is 2.61. The van der Waals surface area contributed by atoms with E-state index < -0.39 is 0 Å². The fraction of sp³-hybridized carbons (Fsp3) is 0.0625. The summed E-state index contributed by atoms with van der Waals surface area (Å²) < 4.78 is 0. The molecule has 20 heavy (non-hydrogen) atoms. The molecular formula is C16H10N4. The summed E-state index contributed by atoms with van der Waals surface area (Å²) in [5.41, 5.74) is 2.67. The van der Waals surface area contributed by atoms with E-state index in [1.165, 1.54) is 0 Å². The smallest absolute Gasteiger partial charge is 0.147 e. The number of anilines is 1. The van der Waals surface area contributed by atoms with Gasteiger partial charge >= 0.3 is 0 Å². The Morgan fingerprint density at radius 1 is 1.10 bits per heavy atom. The predicted molar refractivity (Wildman–Crippen MR) is 75.8 cm³/mol. The first kappa shape index (κ1) is 13.1. The molecule has 0 spiro atoms. The summed E-state index contributed by atoms with van der Waals surface area (Å²) >= 11 is 0. The summed E-state index contributed by atoms with van der Waals surface area (Å²) in [4.78, 5) is 1.97. The van der Waals surface area contributed by atoms with Gasteiger partial charge in [-0.3, -0.25) is 0 Å². The highest BCUT2D eigenvalue weighted by Crippen LogP contribution is 2.32. The number of para-hydroxylation sites is 1. The van der Waals surface area contributed by atoms with Crippen LogP contribution >= 0.6 is 0 Å². The van der Waals surface area contributed by atoms with Gasteiger partial charge in [-0.25, -0.2) is 0 Å². The third-order valence-electron chi connectivity index (χ3n) is 2.99. The van der Waals surface area contributed by atoms with E-state index in [9.17, 15) is 0 Å². The number of rotatable bonds is 1. The van der Waals surface area contributed by atoms with E-state index >= 15 is 0 Å². The van der Waals surface area contributed by atoms with Gasteiger partial charge < -0.3 is 4.90 Å². The number of hydrogen-bond acceptors (Lipinski definition) is 4. The topological polar surface area (TPSA) is 74.6 Å². The highest BCUT2D eigenvalue weighted by molar-refractivity contribution is 5.87. The monoisotopic (exact) mass is 258 g/mol. The maximum absolute atomic E-state index is 9.10. The van der Waals surface area contributed by atoms with E-state index in [4.69, 9.17) is 15.8 Å². The number of fused-ring (bicyclic) bond motifs is 1. The van der Waals surface area contributed by atoms with Crippen LogP contribution in [-0.4, -0.2) is 7.05 Å². The molecule has 0 saturated carbocycles. The van der Waals surface area contributed by atoms with Crippen molar-refractivity contribution < 1.29 is 0 Å². The van der Waals surface area contributed by atoms with Crippen molar-refractivity contribution in [2.24, 2.45) is 0 Å². The molecule has 1 heterocycles. The van der Waals surface area contributed by atoms with Gasteiger partial charge in [0.1, 0.15) is 23.8 Å². The van der Waals surface area contributed by atoms with E-state index in [0.29, 0.717) is 0 Å². The van der Waals surface area contributed by atoms with Gasteiger partial charge in [0.25, 0.3) is 0 Å². The van der Waals surface area contributed by atoms with E-state index in [-0.39, 0.29) is 11.1 Å². The molecule has 0 amide bonds. The van der Waals surface area contributed by atoms with Gasteiger partial charge in [-0.2, -0.15) is 15.8 Å². The van der Waals surface area contributed by atoms with Gasteiger partial charge in [0.2, 0.25) is 0 Å². The van der Waals surface area contributed by atoms with Crippen molar-refractivity contribution in [1.82, 2.24) is 0 Å². The maximum Gasteiger partial charge on any atom is 0.147 e. The molecule has 4 heteroatoms. The zero-order valence-corrected chi connectivity index (χ0v) is 10.8. The lowest BCUT2D eigenvalue weighted by atomic mass is 9.97. The Morgan fingerprint density at radius 2 is 1.80 bits per heavy atom.